The standard InChI is InChI=1S/C28H34N2O6/c1-4-36-23-9-6-5-8-22(23)25-24(26(31)21-11-10-20(34-3)18-19(21)2)27(32)28(33)30(25)13-7-12-29-14-16-35-17-15-29/h5-6,8-11,18,25,31H,4,7,12-17H2,1-3H3. The summed E-state index contributed by atoms with van der Waals surface area (Å²) in [7, 11) is 1.56. The molecule has 1 amide bonds. The molecule has 8 heteroatoms. The van der Waals surface area contributed by atoms with Gasteiger partial charge >= 0.3 is 0 Å². The molecule has 1 unspecified atom stereocenters. The molecule has 2 aliphatic rings. The maximum atomic E-state index is 13.8. The van der Waals surface area contributed by atoms with Gasteiger partial charge in [0.05, 0.1) is 39.5 Å². The van der Waals surface area contributed by atoms with E-state index in [0.29, 0.717) is 47.8 Å². The molecule has 192 valence electrons. The fourth-order valence-electron chi connectivity index (χ4n) is 4.99. The van der Waals surface area contributed by atoms with Crippen LogP contribution < -0.4 is 19.5 Å². The summed E-state index contributed by atoms with van der Waals surface area (Å²) in [6.07, 6.45) is 0.713. The highest BCUT2D eigenvalue weighted by Crippen LogP contribution is 2.42. The number of para-hydroxylation sites is 1. The second-order valence-corrected chi connectivity index (χ2v) is 9.09. The predicted octanol–water partition coefficient (Wildman–Crippen LogP) is 0.932. The summed E-state index contributed by atoms with van der Waals surface area (Å²) < 4.78 is 16.5. The first-order chi connectivity index (χ1) is 17.5. The minimum Gasteiger partial charge on any atom is -0.872 e. The van der Waals surface area contributed by atoms with Crippen LogP contribution in [0.2, 0.25) is 0 Å². The molecule has 4 rings (SSSR count). The second kappa shape index (κ2) is 11.6. The van der Waals surface area contributed by atoms with Gasteiger partial charge in [-0.2, -0.15) is 0 Å². The smallest absolute Gasteiger partial charge is 0.295 e. The predicted molar refractivity (Wildman–Crippen MR) is 133 cm³/mol. The number of benzene rings is 2. The highest BCUT2D eigenvalue weighted by atomic mass is 16.5. The number of ketones is 1. The van der Waals surface area contributed by atoms with Gasteiger partial charge in [-0.05, 0) is 43.2 Å². The maximum absolute atomic E-state index is 13.8. The van der Waals surface area contributed by atoms with Gasteiger partial charge < -0.3 is 29.1 Å². The van der Waals surface area contributed by atoms with Crippen LogP contribution in [0, 0.1) is 6.92 Å². The summed E-state index contributed by atoms with van der Waals surface area (Å²) in [6, 6.07) is 11.6. The van der Waals surface area contributed by atoms with E-state index in [2.05, 4.69) is 0 Å². The van der Waals surface area contributed by atoms with E-state index in [-0.39, 0.29) is 5.57 Å². The molecule has 0 bridgehead atoms. The van der Waals surface area contributed by atoms with Gasteiger partial charge in [-0.15, -0.1) is 0 Å². The maximum Gasteiger partial charge on any atom is 0.295 e. The second-order valence-electron chi connectivity index (χ2n) is 9.09. The van der Waals surface area contributed by atoms with Crippen LogP contribution in [0.4, 0.5) is 0 Å². The zero-order chi connectivity index (χ0) is 25.7. The molecule has 2 heterocycles. The minimum absolute atomic E-state index is 0.0286. The van der Waals surface area contributed by atoms with Crippen LogP contribution in [0.1, 0.15) is 36.1 Å². The lowest BCUT2D eigenvalue weighted by Crippen LogP contribution is -3.14. The number of Topliss-reactive ketones (excluding diaryl/α,β-unsaturated/α-hetero) is 1. The molecule has 2 aromatic rings. The number of nitrogens with one attached hydrogen (secondary N) is 1. The lowest BCUT2D eigenvalue weighted by molar-refractivity contribution is -0.908. The molecule has 0 radical (unpaired) electrons. The molecule has 1 atom stereocenters. The van der Waals surface area contributed by atoms with Crippen molar-refractivity contribution in [1.82, 2.24) is 4.90 Å². The van der Waals surface area contributed by atoms with E-state index < -0.39 is 23.5 Å². The number of carbonyl (C=O) groups is 2. The van der Waals surface area contributed by atoms with Crippen LogP contribution in [-0.2, 0) is 14.3 Å². The van der Waals surface area contributed by atoms with Crippen molar-refractivity contribution in [3.63, 3.8) is 0 Å². The van der Waals surface area contributed by atoms with Crippen molar-refractivity contribution < 1.29 is 33.8 Å². The number of likely N-dealkylation sites (tertiary alicyclic amines) is 1. The van der Waals surface area contributed by atoms with Crippen LogP contribution in [-0.4, -0.2) is 69.7 Å². The Morgan fingerprint density at radius 1 is 1.17 bits per heavy atom. The van der Waals surface area contributed by atoms with Crippen LogP contribution in [0.3, 0.4) is 0 Å². The Kier molecular flexibility index (Phi) is 8.28. The Balaban J connectivity index is 1.74. The van der Waals surface area contributed by atoms with Gasteiger partial charge in [0.15, 0.2) is 0 Å². The summed E-state index contributed by atoms with van der Waals surface area (Å²) in [5.41, 5.74) is 1.68. The number of hydrogen-bond acceptors (Lipinski definition) is 6. The summed E-state index contributed by atoms with van der Waals surface area (Å²) in [5.74, 6) is -0.643. The zero-order valence-corrected chi connectivity index (χ0v) is 21.2. The van der Waals surface area contributed by atoms with Gasteiger partial charge in [-0.3, -0.25) is 9.59 Å². The van der Waals surface area contributed by atoms with Crippen molar-refractivity contribution in [3.05, 3.63) is 64.7 Å². The van der Waals surface area contributed by atoms with Gasteiger partial charge in [-0.1, -0.05) is 30.0 Å². The zero-order valence-electron chi connectivity index (χ0n) is 21.2. The average molecular weight is 495 g/mol. The van der Waals surface area contributed by atoms with Crippen molar-refractivity contribution in [2.75, 3.05) is 53.1 Å². The fourth-order valence-corrected chi connectivity index (χ4v) is 4.99. The van der Waals surface area contributed by atoms with E-state index >= 15 is 0 Å². The van der Waals surface area contributed by atoms with E-state index in [0.717, 1.165) is 32.8 Å². The quantitative estimate of drug-likeness (QED) is 0.317. The number of ether oxygens (including phenoxy) is 3. The number of nitrogens with zero attached hydrogens (tertiary/aromatic N) is 1. The molecule has 2 aliphatic heterocycles. The van der Waals surface area contributed by atoms with E-state index in [1.165, 1.54) is 4.90 Å². The summed E-state index contributed by atoms with van der Waals surface area (Å²) in [4.78, 5) is 29.6. The first-order valence-corrected chi connectivity index (χ1v) is 12.5. The highest BCUT2D eigenvalue weighted by Gasteiger charge is 2.45. The van der Waals surface area contributed by atoms with Gasteiger partial charge in [0.1, 0.15) is 24.6 Å². The minimum atomic E-state index is -0.804. The van der Waals surface area contributed by atoms with Crippen LogP contribution in [0.15, 0.2) is 48.0 Å². The number of carbonyl (C=O) groups excluding carboxylic acids is 2. The first kappa shape index (κ1) is 25.7. The number of morpholine rings is 1. The van der Waals surface area contributed by atoms with Crippen molar-refractivity contribution in [2.45, 2.75) is 26.3 Å². The number of quaternary nitrogens is 1. The summed E-state index contributed by atoms with van der Waals surface area (Å²) in [5, 5.41) is 13.8. The Labute approximate surface area is 212 Å². The van der Waals surface area contributed by atoms with Crippen molar-refractivity contribution in [1.29, 1.82) is 0 Å². The Morgan fingerprint density at radius 3 is 2.61 bits per heavy atom. The molecule has 36 heavy (non-hydrogen) atoms. The topological polar surface area (TPSA) is 92.6 Å². The molecule has 2 aromatic carbocycles. The molecular weight excluding hydrogens is 460 g/mol. The average Bonchev–Trinajstić information content (AvgIpc) is 3.14. The molecule has 0 saturated carbocycles. The van der Waals surface area contributed by atoms with Crippen molar-refractivity contribution in [3.8, 4) is 11.5 Å². The largest absolute Gasteiger partial charge is 0.872 e. The van der Waals surface area contributed by atoms with Crippen LogP contribution >= 0.6 is 0 Å². The Morgan fingerprint density at radius 2 is 1.92 bits per heavy atom. The normalized spacial score (nSPS) is 20.1. The molecule has 2 saturated heterocycles. The lowest BCUT2D eigenvalue weighted by atomic mass is 9.93. The third-order valence-corrected chi connectivity index (χ3v) is 6.85. The van der Waals surface area contributed by atoms with Crippen molar-refractivity contribution in [2.24, 2.45) is 0 Å². The molecule has 0 aromatic heterocycles. The first-order valence-electron chi connectivity index (χ1n) is 12.5. The molecule has 8 nitrogen and oxygen atoms in total. The molecule has 0 aliphatic carbocycles. The van der Waals surface area contributed by atoms with Gasteiger partial charge in [-0.25, -0.2) is 0 Å². The molecule has 1 N–H and O–H groups in total. The third-order valence-electron chi connectivity index (χ3n) is 6.85. The SMILES string of the molecule is CCOc1ccccc1C1C(=C([O-])c2ccc(OC)cc2C)C(=O)C(=O)N1CCC[NH+]1CCOCC1. The van der Waals surface area contributed by atoms with Crippen molar-refractivity contribution >= 4 is 17.4 Å². The molecular formula is C28H34N2O6. The van der Waals surface area contributed by atoms with E-state index in [4.69, 9.17) is 14.2 Å². The van der Waals surface area contributed by atoms with Gasteiger partial charge in [0, 0.05) is 24.1 Å². The Bertz CT molecular complexity index is 1140. The monoisotopic (exact) mass is 494 g/mol. The number of amides is 1. The summed E-state index contributed by atoms with van der Waals surface area (Å²) >= 11 is 0. The van der Waals surface area contributed by atoms with Gasteiger partial charge in [0.25, 0.3) is 5.91 Å². The molecule has 2 fully saturated rings. The summed E-state index contributed by atoms with van der Waals surface area (Å²) in [6.45, 7) is 8.65. The van der Waals surface area contributed by atoms with E-state index in [1.54, 1.807) is 37.1 Å². The van der Waals surface area contributed by atoms with E-state index in [9.17, 15) is 14.7 Å². The number of aryl methyl sites for hydroxylation is 1. The highest BCUT2D eigenvalue weighted by molar-refractivity contribution is 6.46. The molecule has 0 spiro atoms. The Hall–Kier alpha value is -3.36. The number of rotatable bonds is 9. The van der Waals surface area contributed by atoms with Crippen LogP contribution in [0.25, 0.3) is 5.76 Å². The fraction of sp³-hybridized carbons (Fsp3) is 0.429. The number of methoxy groups -OCH3 is 1. The third kappa shape index (κ3) is 5.24. The van der Waals surface area contributed by atoms with Gasteiger partial charge in [0.2, 0.25) is 5.78 Å². The number of hydrogen-bond donors (Lipinski definition) is 1. The van der Waals surface area contributed by atoms with E-state index in [1.807, 2.05) is 31.2 Å². The van der Waals surface area contributed by atoms with Crippen LogP contribution in [0.5, 0.6) is 11.5 Å². The lowest BCUT2D eigenvalue weighted by Gasteiger charge is -2.30.